The second kappa shape index (κ2) is 9.75. The fourth-order valence-corrected chi connectivity index (χ4v) is 1.75. The van der Waals surface area contributed by atoms with Crippen molar-refractivity contribution in [1.29, 1.82) is 0 Å². The van der Waals surface area contributed by atoms with E-state index in [0.717, 1.165) is 25.9 Å². The average Bonchev–Trinajstić information content (AvgIpc) is 2.16. The van der Waals surface area contributed by atoms with Crippen molar-refractivity contribution in [2.75, 3.05) is 26.9 Å². The Kier molecular flexibility index (Phi) is 9.90. The van der Waals surface area contributed by atoms with Crippen LogP contribution in [0.25, 0.3) is 0 Å². The fourth-order valence-electron chi connectivity index (χ4n) is 1.45. The molecule has 2 atom stereocenters. The highest BCUT2D eigenvalue weighted by Crippen LogP contribution is 2.19. The third-order valence-corrected chi connectivity index (χ3v) is 2.83. The first kappa shape index (κ1) is 14.2. The average molecular weight is 223 g/mol. The largest absolute Gasteiger partial charge is 0.382 e. The molecule has 0 aromatic heterocycles. The summed E-state index contributed by atoms with van der Waals surface area (Å²) in [5.41, 5.74) is 0. The predicted octanol–water partition coefficient (Wildman–Crippen LogP) is 3.08. The Morgan fingerprint density at radius 1 is 1.21 bits per heavy atom. The number of hydrogen-bond acceptors (Lipinski definition) is 2. The van der Waals surface area contributed by atoms with Crippen LogP contribution in [0.2, 0.25) is 0 Å². The lowest BCUT2D eigenvalue weighted by Crippen LogP contribution is -2.12. The molecule has 0 fully saturated rings. The molecule has 0 rings (SSSR count). The molecule has 0 amide bonds. The molecule has 2 nitrogen and oxygen atoms in total. The zero-order valence-corrected chi connectivity index (χ0v) is 10.3. The molecule has 2 unspecified atom stereocenters. The van der Waals surface area contributed by atoms with E-state index in [9.17, 15) is 0 Å². The number of alkyl halides is 1. The highest BCUT2D eigenvalue weighted by atomic mass is 35.5. The van der Waals surface area contributed by atoms with E-state index >= 15 is 0 Å². The zero-order valence-electron chi connectivity index (χ0n) is 9.59. The van der Waals surface area contributed by atoms with Gasteiger partial charge in [0.05, 0.1) is 13.2 Å². The van der Waals surface area contributed by atoms with E-state index in [-0.39, 0.29) is 5.38 Å². The third-order valence-electron chi connectivity index (χ3n) is 2.47. The van der Waals surface area contributed by atoms with Gasteiger partial charge in [-0.15, -0.1) is 11.6 Å². The van der Waals surface area contributed by atoms with E-state index in [2.05, 4.69) is 13.8 Å². The lowest BCUT2D eigenvalue weighted by Gasteiger charge is -2.16. The van der Waals surface area contributed by atoms with Gasteiger partial charge in [0.1, 0.15) is 0 Å². The Bertz CT molecular complexity index is 118. The summed E-state index contributed by atoms with van der Waals surface area (Å²) in [5, 5.41) is 0.277. The van der Waals surface area contributed by atoms with Crippen LogP contribution in [-0.4, -0.2) is 32.3 Å². The Morgan fingerprint density at radius 3 is 2.43 bits per heavy atom. The van der Waals surface area contributed by atoms with Gasteiger partial charge in [0.2, 0.25) is 0 Å². The number of halogens is 1. The highest BCUT2D eigenvalue weighted by molar-refractivity contribution is 6.20. The molecule has 86 valence electrons. The molecule has 0 aliphatic rings. The Balaban J connectivity index is 3.25. The summed E-state index contributed by atoms with van der Waals surface area (Å²) < 4.78 is 10.3. The van der Waals surface area contributed by atoms with Crippen LogP contribution in [0.3, 0.4) is 0 Å². The minimum Gasteiger partial charge on any atom is -0.382 e. The summed E-state index contributed by atoms with van der Waals surface area (Å²) >= 11 is 6.05. The van der Waals surface area contributed by atoms with Gasteiger partial charge in [-0.25, -0.2) is 0 Å². The normalized spacial score (nSPS) is 15.4. The lowest BCUT2D eigenvalue weighted by molar-refractivity contribution is 0.0671. The van der Waals surface area contributed by atoms with E-state index in [0.29, 0.717) is 19.1 Å². The topological polar surface area (TPSA) is 18.5 Å². The molecule has 0 aromatic carbocycles. The van der Waals surface area contributed by atoms with Gasteiger partial charge in [-0.3, -0.25) is 0 Å². The molecule has 0 aliphatic carbocycles. The van der Waals surface area contributed by atoms with Gasteiger partial charge < -0.3 is 9.47 Å². The number of ether oxygens (including phenoxy) is 2. The van der Waals surface area contributed by atoms with Gasteiger partial charge in [-0.05, 0) is 25.7 Å². The SMILES string of the molecule is CCC(CCCOCCOC)C(C)Cl. The van der Waals surface area contributed by atoms with Crippen molar-refractivity contribution < 1.29 is 9.47 Å². The van der Waals surface area contributed by atoms with E-state index in [4.69, 9.17) is 21.1 Å². The molecule has 14 heavy (non-hydrogen) atoms. The monoisotopic (exact) mass is 222 g/mol. The number of hydrogen-bond donors (Lipinski definition) is 0. The minimum absolute atomic E-state index is 0.277. The van der Waals surface area contributed by atoms with Crippen molar-refractivity contribution in [1.82, 2.24) is 0 Å². The first-order valence-electron chi connectivity index (χ1n) is 5.43. The lowest BCUT2D eigenvalue weighted by atomic mass is 9.97. The molecule has 0 heterocycles. The van der Waals surface area contributed by atoms with Gasteiger partial charge in [0, 0.05) is 19.1 Å². The molecule has 0 aliphatic heterocycles. The van der Waals surface area contributed by atoms with E-state index in [1.807, 2.05) is 0 Å². The van der Waals surface area contributed by atoms with Crippen LogP contribution in [0, 0.1) is 5.92 Å². The minimum atomic E-state index is 0.277. The second-order valence-electron chi connectivity index (χ2n) is 3.59. The van der Waals surface area contributed by atoms with E-state index < -0.39 is 0 Å². The van der Waals surface area contributed by atoms with Gasteiger partial charge >= 0.3 is 0 Å². The Hall–Kier alpha value is 0.210. The Morgan fingerprint density at radius 2 is 1.93 bits per heavy atom. The summed E-state index contributed by atoms with van der Waals surface area (Å²) in [6.45, 7) is 6.47. The maximum absolute atomic E-state index is 6.05. The third kappa shape index (κ3) is 7.60. The van der Waals surface area contributed by atoms with Crippen LogP contribution in [0.15, 0.2) is 0 Å². The summed E-state index contributed by atoms with van der Waals surface area (Å²) in [6.07, 6.45) is 3.41. The van der Waals surface area contributed by atoms with Crippen LogP contribution in [0.1, 0.15) is 33.1 Å². The van der Waals surface area contributed by atoms with Crippen LogP contribution in [0.5, 0.6) is 0 Å². The summed E-state index contributed by atoms with van der Waals surface area (Å²) in [5.74, 6) is 0.627. The first-order chi connectivity index (χ1) is 6.72. The van der Waals surface area contributed by atoms with Gasteiger partial charge in [0.15, 0.2) is 0 Å². The van der Waals surface area contributed by atoms with Crippen molar-refractivity contribution >= 4 is 11.6 Å². The van der Waals surface area contributed by atoms with Gasteiger partial charge in [-0.2, -0.15) is 0 Å². The van der Waals surface area contributed by atoms with Crippen molar-refractivity contribution in [3.63, 3.8) is 0 Å². The molecule has 0 saturated carbocycles. The molecule has 0 spiro atoms. The molecule has 0 bridgehead atoms. The second-order valence-corrected chi connectivity index (χ2v) is 4.28. The molecule has 0 aromatic rings. The summed E-state index contributed by atoms with van der Waals surface area (Å²) in [7, 11) is 1.69. The molecular formula is C11H23ClO2. The van der Waals surface area contributed by atoms with Crippen LogP contribution >= 0.6 is 11.6 Å². The van der Waals surface area contributed by atoms with E-state index in [1.165, 1.54) is 0 Å². The molecular weight excluding hydrogens is 200 g/mol. The number of rotatable bonds is 9. The number of methoxy groups -OCH3 is 1. The molecule has 3 heteroatoms. The smallest absolute Gasteiger partial charge is 0.0700 e. The zero-order chi connectivity index (χ0) is 10.8. The van der Waals surface area contributed by atoms with Crippen molar-refractivity contribution in [3.8, 4) is 0 Å². The van der Waals surface area contributed by atoms with Crippen LogP contribution < -0.4 is 0 Å². The van der Waals surface area contributed by atoms with Gasteiger partial charge in [0.25, 0.3) is 0 Å². The maximum atomic E-state index is 6.05. The predicted molar refractivity (Wildman–Crippen MR) is 61.0 cm³/mol. The maximum Gasteiger partial charge on any atom is 0.0700 e. The highest BCUT2D eigenvalue weighted by Gasteiger charge is 2.11. The molecule has 0 N–H and O–H groups in total. The summed E-state index contributed by atoms with van der Waals surface area (Å²) in [4.78, 5) is 0. The standard InChI is InChI=1S/C11H23ClO2/c1-4-11(10(2)12)6-5-7-14-9-8-13-3/h10-11H,4-9H2,1-3H3. The van der Waals surface area contributed by atoms with E-state index in [1.54, 1.807) is 7.11 Å². The first-order valence-corrected chi connectivity index (χ1v) is 5.86. The quantitative estimate of drug-likeness (QED) is 0.441. The summed E-state index contributed by atoms with van der Waals surface area (Å²) in [6, 6.07) is 0. The van der Waals surface area contributed by atoms with Crippen LogP contribution in [0.4, 0.5) is 0 Å². The fraction of sp³-hybridized carbons (Fsp3) is 1.00. The Labute approximate surface area is 92.9 Å². The van der Waals surface area contributed by atoms with Crippen molar-refractivity contribution in [2.24, 2.45) is 5.92 Å². The van der Waals surface area contributed by atoms with Crippen molar-refractivity contribution in [3.05, 3.63) is 0 Å². The van der Waals surface area contributed by atoms with Crippen molar-refractivity contribution in [2.45, 2.75) is 38.5 Å². The van der Waals surface area contributed by atoms with Gasteiger partial charge in [-0.1, -0.05) is 13.3 Å². The molecule has 0 saturated heterocycles. The molecule has 0 radical (unpaired) electrons. The van der Waals surface area contributed by atoms with Crippen LogP contribution in [-0.2, 0) is 9.47 Å².